The van der Waals surface area contributed by atoms with E-state index < -0.39 is 0 Å². The summed E-state index contributed by atoms with van der Waals surface area (Å²) in [5.41, 5.74) is 2.97. The lowest BCUT2D eigenvalue weighted by molar-refractivity contribution is -0.114. The van der Waals surface area contributed by atoms with Gasteiger partial charge in [0.25, 0.3) is 0 Å². The predicted octanol–water partition coefficient (Wildman–Crippen LogP) is 8.41. The van der Waals surface area contributed by atoms with Gasteiger partial charge >= 0.3 is 0 Å². The molecule has 0 saturated heterocycles. The molecule has 4 rings (SSSR count). The highest BCUT2D eigenvalue weighted by atomic mass is 16.3. The van der Waals surface area contributed by atoms with E-state index in [2.05, 4.69) is 54.5 Å². The second-order valence-corrected chi connectivity index (χ2v) is 13.6. The highest BCUT2D eigenvalue weighted by Crippen LogP contribution is 2.71. The van der Waals surface area contributed by atoms with Crippen LogP contribution in [0.3, 0.4) is 0 Å². The summed E-state index contributed by atoms with van der Waals surface area (Å²) in [5, 5.41) is 10.3. The molecule has 0 amide bonds. The van der Waals surface area contributed by atoms with Crippen molar-refractivity contribution >= 4 is 0 Å². The average Bonchev–Trinajstić information content (AvgIpc) is 3.07. The normalized spacial score (nSPS) is 46.7. The van der Waals surface area contributed by atoms with E-state index in [0.29, 0.717) is 16.2 Å². The molecular weight excluding hydrogens is 376 g/mol. The first-order valence-corrected chi connectivity index (χ1v) is 13.9. The van der Waals surface area contributed by atoms with E-state index >= 15 is 0 Å². The molecule has 0 radical (unpaired) electrons. The number of aliphatic hydroxyl groups is 1. The molecule has 0 aliphatic heterocycles. The van der Waals surface area contributed by atoms with Crippen LogP contribution in [0.15, 0.2) is 11.6 Å². The van der Waals surface area contributed by atoms with Gasteiger partial charge in [0, 0.05) is 0 Å². The fraction of sp³-hybridized carbons (Fsp3) is 0.933. The second-order valence-electron chi connectivity index (χ2n) is 13.6. The minimum atomic E-state index is -0.0907. The van der Waals surface area contributed by atoms with Crippen molar-refractivity contribution in [2.24, 2.45) is 51.8 Å². The summed E-state index contributed by atoms with van der Waals surface area (Å²) in [6.07, 6.45) is 16.9. The van der Waals surface area contributed by atoms with Gasteiger partial charge < -0.3 is 5.11 Å². The van der Waals surface area contributed by atoms with E-state index in [9.17, 15) is 5.11 Å². The van der Waals surface area contributed by atoms with Gasteiger partial charge in [-0.05, 0) is 110 Å². The highest BCUT2D eigenvalue weighted by Gasteiger charge is 2.63. The Morgan fingerprint density at radius 2 is 1.68 bits per heavy atom. The predicted molar refractivity (Wildman–Crippen MR) is 133 cm³/mol. The Morgan fingerprint density at radius 1 is 0.935 bits per heavy atom. The largest absolute Gasteiger partial charge is 0.393 e. The van der Waals surface area contributed by atoms with Gasteiger partial charge in [0.05, 0.1) is 6.10 Å². The lowest BCUT2D eigenvalue weighted by atomic mass is 9.41. The molecule has 3 saturated carbocycles. The summed E-state index contributed by atoms with van der Waals surface area (Å²) >= 11 is 0. The van der Waals surface area contributed by atoms with E-state index in [1.54, 1.807) is 5.57 Å². The monoisotopic (exact) mass is 428 g/mol. The third-order valence-electron chi connectivity index (χ3n) is 11.9. The van der Waals surface area contributed by atoms with Crippen LogP contribution in [0.2, 0.25) is 0 Å². The summed E-state index contributed by atoms with van der Waals surface area (Å²) in [6, 6.07) is 0. The van der Waals surface area contributed by atoms with Crippen molar-refractivity contribution in [1.29, 1.82) is 0 Å². The van der Waals surface area contributed by atoms with Crippen LogP contribution in [-0.2, 0) is 0 Å². The summed E-state index contributed by atoms with van der Waals surface area (Å²) in [5.74, 6) is 5.25. The van der Waals surface area contributed by atoms with Gasteiger partial charge in [0.1, 0.15) is 0 Å². The topological polar surface area (TPSA) is 20.2 Å². The molecule has 3 fully saturated rings. The van der Waals surface area contributed by atoms with Gasteiger partial charge in [-0.3, -0.25) is 0 Å². The van der Waals surface area contributed by atoms with Crippen molar-refractivity contribution in [3.8, 4) is 0 Å². The molecule has 4 aliphatic carbocycles. The van der Waals surface area contributed by atoms with Crippen LogP contribution in [0.5, 0.6) is 0 Å². The van der Waals surface area contributed by atoms with E-state index in [1.165, 1.54) is 57.8 Å². The van der Waals surface area contributed by atoms with E-state index in [4.69, 9.17) is 0 Å². The first-order valence-electron chi connectivity index (χ1n) is 13.9. The maximum atomic E-state index is 10.3. The fourth-order valence-electron chi connectivity index (χ4n) is 9.96. The molecule has 0 aromatic rings. The number of fused-ring (bicyclic) bond motifs is 5. The third-order valence-corrected chi connectivity index (χ3v) is 11.9. The minimum absolute atomic E-state index is 0.0907. The Morgan fingerprint density at radius 3 is 2.35 bits per heavy atom. The summed E-state index contributed by atoms with van der Waals surface area (Å²) in [6.45, 7) is 17.8. The maximum absolute atomic E-state index is 10.3. The van der Waals surface area contributed by atoms with Crippen LogP contribution < -0.4 is 0 Å². The maximum Gasteiger partial charge on any atom is 0.0577 e. The summed E-state index contributed by atoms with van der Waals surface area (Å²) in [7, 11) is 0. The summed E-state index contributed by atoms with van der Waals surface area (Å²) < 4.78 is 0. The Labute approximate surface area is 193 Å². The first kappa shape index (κ1) is 23.8. The van der Waals surface area contributed by atoms with Crippen molar-refractivity contribution < 1.29 is 5.11 Å². The molecule has 1 N–H and O–H groups in total. The molecular formula is C30H52O. The van der Waals surface area contributed by atoms with Crippen LogP contribution in [-0.4, -0.2) is 11.2 Å². The first-order chi connectivity index (χ1) is 14.6. The van der Waals surface area contributed by atoms with Crippen molar-refractivity contribution in [2.75, 3.05) is 0 Å². The number of aliphatic hydroxyl groups excluding tert-OH is 1. The van der Waals surface area contributed by atoms with Crippen molar-refractivity contribution in [3.05, 3.63) is 11.6 Å². The standard InChI is InChI=1S/C30H52O/c1-8-22(20(2)3)10-9-21(4)25-11-12-26-29(25,6)18-15-27-28(5)17-14-24(31)19-23(28)13-16-30(26,27)7/h13,20-22,24-27,31H,8-12,14-19H2,1-7H3. The van der Waals surface area contributed by atoms with Gasteiger partial charge in [0.15, 0.2) is 0 Å². The number of hydrogen-bond donors (Lipinski definition) is 1. The van der Waals surface area contributed by atoms with Crippen LogP contribution in [0.25, 0.3) is 0 Å². The van der Waals surface area contributed by atoms with Gasteiger partial charge in [0.2, 0.25) is 0 Å². The van der Waals surface area contributed by atoms with Crippen LogP contribution in [0.1, 0.15) is 119 Å². The van der Waals surface area contributed by atoms with Crippen molar-refractivity contribution in [3.63, 3.8) is 0 Å². The Kier molecular flexibility index (Phi) is 6.53. The molecule has 1 heteroatoms. The van der Waals surface area contributed by atoms with Crippen LogP contribution in [0, 0.1) is 51.8 Å². The second kappa shape index (κ2) is 8.48. The quantitative estimate of drug-likeness (QED) is 0.421. The molecule has 0 aromatic carbocycles. The summed E-state index contributed by atoms with van der Waals surface area (Å²) in [4.78, 5) is 0. The third kappa shape index (κ3) is 3.77. The SMILES string of the molecule is CCC(CCC(C)C1CCC2C1(C)CCC1C3(C)CCC(O)CC3=CCC12C)C(C)C. The molecule has 4 aliphatic rings. The molecule has 0 spiro atoms. The molecule has 9 unspecified atom stereocenters. The zero-order valence-electron chi connectivity index (χ0n) is 21.8. The Balaban J connectivity index is 1.53. The zero-order chi connectivity index (χ0) is 22.6. The molecule has 31 heavy (non-hydrogen) atoms. The van der Waals surface area contributed by atoms with Crippen LogP contribution >= 0.6 is 0 Å². The minimum Gasteiger partial charge on any atom is -0.393 e. The molecule has 9 atom stereocenters. The molecule has 178 valence electrons. The van der Waals surface area contributed by atoms with Crippen molar-refractivity contribution in [2.45, 2.75) is 125 Å². The Bertz CT molecular complexity index is 678. The van der Waals surface area contributed by atoms with Crippen LogP contribution in [0.4, 0.5) is 0 Å². The average molecular weight is 429 g/mol. The number of allylic oxidation sites excluding steroid dienone is 1. The van der Waals surface area contributed by atoms with Gasteiger partial charge in [-0.25, -0.2) is 0 Å². The van der Waals surface area contributed by atoms with Gasteiger partial charge in [-0.2, -0.15) is 0 Å². The number of hydrogen-bond acceptors (Lipinski definition) is 1. The van der Waals surface area contributed by atoms with E-state index in [1.807, 2.05) is 0 Å². The highest BCUT2D eigenvalue weighted by molar-refractivity contribution is 5.28. The van der Waals surface area contributed by atoms with Crippen molar-refractivity contribution in [1.82, 2.24) is 0 Å². The molecule has 0 bridgehead atoms. The lowest BCUT2D eigenvalue weighted by Crippen LogP contribution is -2.56. The zero-order valence-corrected chi connectivity index (χ0v) is 21.8. The van der Waals surface area contributed by atoms with E-state index in [-0.39, 0.29) is 6.10 Å². The Hall–Kier alpha value is -0.300. The fourth-order valence-corrected chi connectivity index (χ4v) is 9.96. The van der Waals surface area contributed by atoms with E-state index in [0.717, 1.165) is 48.3 Å². The van der Waals surface area contributed by atoms with Gasteiger partial charge in [-0.15, -0.1) is 0 Å². The lowest BCUT2D eigenvalue weighted by Gasteiger charge is -2.63. The van der Waals surface area contributed by atoms with Gasteiger partial charge in [-0.1, -0.05) is 73.0 Å². The molecule has 0 aromatic heterocycles. The molecule has 0 heterocycles. The number of rotatable bonds is 6. The smallest absolute Gasteiger partial charge is 0.0577 e. The molecule has 1 nitrogen and oxygen atoms in total.